The molecule has 7 nitrogen and oxygen atoms in total. The molecule has 3 aliphatic heterocycles. The molecule has 0 saturated carbocycles. The summed E-state index contributed by atoms with van der Waals surface area (Å²) in [6, 6.07) is 0.103. The molecule has 122 valence electrons. The molecule has 22 heavy (non-hydrogen) atoms. The average molecular weight is 308 g/mol. The molecular weight excluding hydrogens is 284 g/mol. The molecule has 3 fully saturated rings. The van der Waals surface area contributed by atoms with E-state index < -0.39 is 5.60 Å². The molecule has 3 heterocycles. The van der Waals surface area contributed by atoms with Gasteiger partial charge < -0.3 is 19.4 Å². The Hall–Kier alpha value is -1.76. The standard InChI is InChI=1S/C15H24N4O3/c1-12-15(22-14(21)17(12)3)4-6-18(7-5-15)13(20)19-10-8-16(2)9-11-19/h1,4-11H2,2-3H3. The van der Waals surface area contributed by atoms with Crippen LogP contribution in [0.25, 0.3) is 0 Å². The zero-order valence-corrected chi connectivity index (χ0v) is 13.4. The third kappa shape index (κ3) is 2.43. The largest absolute Gasteiger partial charge is 0.436 e. The highest BCUT2D eigenvalue weighted by Gasteiger charge is 2.49. The van der Waals surface area contributed by atoms with Crippen LogP contribution in [0.1, 0.15) is 12.8 Å². The van der Waals surface area contributed by atoms with E-state index in [1.54, 1.807) is 7.05 Å². The summed E-state index contributed by atoms with van der Waals surface area (Å²) >= 11 is 0. The van der Waals surface area contributed by atoms with Gasteiger partial charge in [-0.1, -0.05) is 6.58 Å². The molecule has 3 rings (SSSR count). The predicted octanol–water partition coefficient (Wildman–Crippen LogP) is 0.784. The van der Waals surface area contributed by atoms with Crippen LogP contribution < -0.4 is 0 Å². The lowest BCUT2D eigenvalue weighted by atomic mass is 9.89. The molecule has 0 aromatic rings. The van der Waals surface area contributed by atoms with Crippen LogP contribution >= 0.6 is 0 Å². The number of rotatable bonds is 0. The number of piperazine rings is 1. The smallest absolute Gasteiger partial charge is 0.414 e. The number of likely N-dealkylation sites (tertiary alicyclic amines) is 1. The van der Waals surface area contributed by atoms with Crippen molar-refractivity contribution in [3.63, 3.8) is 0 Å². The monoisotopic (exact) mass is 308 g/mol. The van der Waals surface area contributed by atoms with Crippen LogP contribution in [-0.4, -0.2) is 90.7 Å². The first kappa shape index (κ1) is 15.1. The first-order valence-corrected chi connectivity index (χ1v) is 7.81. The van der Waals surface area contributed by atoms with E-state index in [0.29, 0.717) is 31.6 Å². The molecule has 3 saturated heterocycles. The zero-order valence-electron chi connectivity index (χ0n) is 13.4. The van der Waals surface area contributed by atoms with Gasteiger partial charge in [-0.25, -0.2) is 9.59 Å². The fourth-order valence-corrected chi connectivity index (χ4v) is 3.36. The van der Waals surface area contributed by atoms with Gasteiger partial charge in [0.05, 0.1) is 5.70 Å². The Labute approximate surface area is 131 Å². The Morgan fingerprint density at radius 3 is 2.09 bits per heavy atom. The van der Waals surface area contributed by atoms with Crippen molar-refractivity contribution < 1.29 is 14.3 Å². The van der Waals surface area contributed by atoms with Crippen molar-refractivity contribution in [3.05, 3.63) is 12.3 Å². The Morgan fingerprint density at radius 1 is 1.05 bits per heavy atom. The molecule has 0 unspecified atom stereocenters. The fraction of sp³-hybridized carbons (Fsp3) is 0.733. The van der Waals surface area contributed by atoms with E-state index in [1.165, 1.54) is 4.90 Å². The van der Waals surface area contributed by atoms with Crippen molar-refractivity contribution in [3.8, 4) is 0 Å². The van der Waals surface area contributed by atoms with Crippen LogP contribution in [0, 0.1) is 0 Å². The average Bonchev–Trinajstić information content (AvgIpc) is 2.73. The van der Waals surface area contributed by atoms with Gasteiger partial charge in [-0.2, -0.15) is 0 Å². The number of hydrogen-bond donors (Lipinski definition) is 0. The van der Waals surface area contributed by atoms with Crippen LogP contribution in [0.15, 0.2) is 12.3 Å². The SMILES string of the molecule is C=C1N(C)C(=O)OC12CCN(C(=O)N1CCN(C)CC1)CC2. The Morgan fingerprint density at radius 2 is 1.59 bits per heavy atom. The fourth-order valence-electron chi connectivity index (χ4n) is 3.36. The van der Waals surface area contributed by atoms with Crippen molar-refractivity contribution in [2.45, 2.75) is 18.4 Å². The molecule has 1 spiro atoms. The third-order valence-corrected chi connectivity index (χ3v) is 5.10. The minimum absolute atomic E-state index is 0.103. The second-order valence-corrected chi connectivity index (χ2v) is 6.43. The minimum atomic E-state index is -0.606. The lowest BCUT2D eigenvalue weighted by molar-refractivity contribution is 0.0179. The maximum absolute atomic E-state index is 12.6. The quantitative estimate of drug-likeness (QED) is 0.664. The second-order valence-electron chi connectivity index (χ2n) is 6.43. The van der Waals surface area contributed by atoms with E-state index >= 15 is 0 Å². The van der Waals surface area contributed by atoms with Crippen LogP contribution in [0.3, 0.4) is 0 Å². The van der Waals surface area contributed by atoms with Gasteiger partial charge in [0.2, 0.25) is 0 Å². The summed E-state index contributed by atoms with van der Waals surface area (Å²) in [7, 11) is 3.75. The number of likely N-dealkylation sites (N-methyl/N-ethyl adjacent to an activating group) is 2. The van der Waals surface area contributed by atoms with Gasteiger partial charge in [0.1, 0.15) is 0 Å². The molecule has 3 aliphatic rings. The van der Waals surface area contributed by atoms with E-state index in [4.69, 9.17) is 4.74 Å². The second kappa shape index (κ2) is 5.46. The summed E-state index contributed by atoms with van der Waals surface area (Å²) in [5.74, 6) is 0. The van der Waals surface area contributed by atoms with Crippen molar-refractivity contribution in [1.82, 2.24) is 19.6 Å². The lowest BCUT2D eigenvalue weighted by Crippen LogP contribution is -2.55. The summed E-state index contributed by atoms with van der Waals surface area (Å²) < 4.78 is 5.53. The van der Waals surface area contributed by atoms with E-state index in [-0.39, 0.29) is 12.1 Å². The van der Waals surface area contributed by atoms with E-state index in [1.807, 2.05) is 9.80 Å². The number of carbonyl (C=O) groups is 2. The van der Waals surface area contributed by atoms with E-state index in [2.05, 4.69) is 18.5 Å². The van der Waals surface area contributed by atoms with Crippen molar-refractivity contribution in [2.75, 3.05) is 53.4 Å². The number of hydrogen-bond acceptors (Lipinski definition) is 4. The summed E-state index contributed by atoms with van der Waals surface area (Å²) in [6.07, 6.45) is 0.909. The number of ether oxygens (including phenoxy) is 1. The van der Waals surface area contributed by atoms with Crippen molar-refractivity contribution in [1.29, 1.82) is 0 Å². The highest BCUT2D eigenvalue weighted by molar-refractivity contribution is 5.76. The lowest BCUT2D eigenvalue weighted by Gasteiger charge is -2.41. The van der Waals surface area contributed by atoms with Gasteiger partial charge in [0.15, 0.2) is 5.60 Å². The van der Waals surface area contributed by atoms with Crippen LogP contribution in [-0.2, 0) is 4.74 Å². The number of nitrogens with zero attached hydrogens (tertiary/aromatic N) is 4. The molecule has 0 bridgehead atoms. The van der Waals surface area contributed by atoms with Gasteiger partial charge >= 0.3 is 12.1 Å². The predicted molar refractivity (Wildman–Crippen MR) is 81.4 cm³/mol. The maximum Gasteiger partial charge on any atom is 0.414 e. The summed E-state index contributed by atoms with van der Waals surface area (Å²) in [5.41, 5.74) is 0.106. The Bertz CT molecular complexity index is 491. The maximum atomic E-state index is 12.6. The van der Waals surface area contributed by atoms with Crippen LogP contribution in [0.5, 0.6) is 0 Å². The molecule has 0 atom stereocenters. The molecule has 7 heteroatoms. The highest BCUT2D eigenvalue weighted by atomic mass is 16.6. The summed E-state index contributed by atoms with van der Waals surface area (Å²) in [4.78, 5) is 31.8. The molecule has 0 aromatic carbocycles. The Kier molecular flexibility index (Phi) is 3.76. The normalized spacial score (nSPS) is 25.8. The number of amides is 3. The van der Waals surface area contributed by atoms with Crippen LogP contribution in [0.2, 0.25) is 0 Å². The van der Waals surface area contributed by atoms with Gasteiger partial charge in [-0.05, 0) is 7.05 Å². The van der Waals surface area contributed by atoms with E-state index in [9.17, 15) is 9.59 Å². The number of carbonyl (C=O) groups excluding carboxylic acids is 2. The summed E-state index contributed by atoms with van der Waals surface area (Å²) in [6.45, 7) is 8.59. The minimum Gasteiger partial charge on any atom is -0.436 e. The third-order valence-electron chi connectivity index (χ3n) is 5.10. The summed E-state index contributed by atoms with van der Waals surface area (Å²) in [5, 5.41) is 0. The molecule has 0 aromatic heterocycles. The first-order chi connectivity index (χ1) is 10.4. The van der Waals surface area contributed by atoms with Gasteiger partial charge in [0.25, 0.3) is 0 Å². The topological polar surface area (TPSA) is 56.3 Å². The number of urea groups is 1. The van der Waals surface area contributed by atoms with E-state index in [0.717, 1.165) is 26.2 Å². The highest BCUT2D eigenvalue weighted by Crippen LogP contribution is 2.39. The van der Waals surface area contributed by atoms with Crippen LogP contribution in [0.4, 0.5) is 9.59 Å². The zero-order chi connectivity index (χ0) is 15.9. The molecular formula is C15H24N4O3. The first-order valence-electron chi connectivity index (χ1n) is 7.81. The van der Waals surface area contributed by atoms with Gasteiger partial charge in [0, 0.05) is 59.2 Å². The van der Waals surface area contributed by atoms with Gasteiger partial charge in [-0.15, -0.1) is 0 Å². The molecule has 0 radical (unpaired) electrons. The molecule has 3 amide bonds. The Balaban J connectivity index is 1.59. The van der Waals surface area contributed by atoms with Crippen molar-refractivity contribution >= 4 is 12.1 Å². The molecule has 0 aliphatic carbocycles. The molecule has 0 N–H and O–H groups in total. The van der Waals surface area contributed by atoms with Crippen molar-refractivity contribution in [2.24, 2.45) is 0 Å². The number of piperidine rings is 1. The van der Waals surface area contributed by atoms with Gasteiger partial charge in [-0.3, -0.25) is 4.90 Å².